The predicted octanol–water partition coefficient (Wildman–Crippen LogP) is 3.03. The number of hydrogen-bond acceptors (Lipinski definition) is 3. The fourth-order valence-electron chi connectivity index (χ4n) is 1.72. The molecule has 0 fully saturated rings. The van der Waals surface area contributed by atoms with Gasteiger partial charge in [-0.1, -0.05) is 29.8 Å². The number of carbonyl (C=O) groups excluding carboxylic acids is 1. The molecule has 2 rings (SSSR count). The molecule has 0 atom stereocenters. The van der Waals surface area contributed by atoms with Gasteiger partial charge in [-0.15, -0.1) is 0 Å². The fraction of sp³-hybridized carbons (Fsp3) is 0.133. The SMILES string of the molecule is COc1ccc(C(N)=O)c(OCc2ccccc2Cl)c1. The fourth-order valence-corrected chi connectivity index (χ4v) is 1.91. The Balaban J connectivity index is 2.24. The number of primary amides is 1. The number of amides is 1. The van der Waals surface area contributed by atoms with Crippen LogP contribution < -0.4 is 15.2 Å². The number of benzene rings is 2. The van der Waals surface area contributed by atoms with Gasteiger partial charge in [0.25, 0.3) is 5.91 Å². The standard InChI is InChI=1S/C15H14ClNO3/c1-19-11-6-7-12(15(17)18)14(8-11)20-9-10-4-2-3-5-13(10)16/h2-8H,9H2,1H3,(H2,17,18). The first-order chi connectivity index (χ1) is 9.61. The zero-order chi connectivity index (χ0) is 14.5. The van der Waals surface area contributed by atoms with Crippen molar-refractivity contribution in [1.29, 1.82) is 0 Å². The van der Waals surface area contributed by atoms with Gasteiger partial charge in [0.15, 0.2) is 0 Å². The van der Waals surface area contributed by atoms with E-state index >= 15 is 0 Å². The van der Waals surface area contributed by atoms with Crippen LogP contribution in [0.15, 0.2) is 42.5 Å². The highest BCUT2D eigenvalue weighted by atomic mass is 35.5. The molecule has 104 valence electrons. The van der Waals surface area contributed by atoms with Gasteiger partial charge in [0.2, 0.25) is 0 Å². The topological polar surface area (TPSA) is 61.5 Å². The number of ether oxygens (including phenoxy) is 2. The van der Waals surface area contributed by atoms with Gasteiger partial charge < -0.3 is 15.2 Å². The second kappa shape index (κ2) is 6.30. The smallest absolute Gasteiger partial charge is 0.252 e. The van der Waals surface area contributed by atoms with E-state index in [-0.39, 0.29) is 6.61 Å². The van der Waals surface area contributed by atoms with Crippen molar-refractivity contribution in [2.24, 2.45) is 5.73 Å². The van der Waals surface area contributed by atoms with E-state index in [1.165, 1.54) is 7.11 Å². The summed E-state index contributed by atoms with van der Waals surface area (Å²) < 4.78 is 10.7. The summed E-state index contributed by atoms with van der Waals surface area (Å²) in [5.74, 6) is 0.405. The van der Waals surface area contributed by atoms with Gasteiger partial charge >= 0.3 is 0 Å². The van der Waals surface area contributed by atoms with Crippen molar-refractivity contribution >= 4 is 17.5 Å². The first-order valence-electron chi connectivity index (χ1n) is 5.96. The first-order valence-corrected chi connectivity index (χ1v) is 6.33. The van der Waals surface area contributed by atoms with Crippen LogP contribution in [0, 0.1) is 0 Å². The summed E-state index contributed by atoms with van der Waals surface area (Å²) in [5.41, 5.74) is 6.45. The molecule has 5 heteroatoms. The highest BCUT2D eigenvalue weighted by molar-refractivity contribution is 6.31. The Morgan fingerprint density at radius 1 is 1.25 bits per heavy atom. The molecular weight excluding hydrogens is 278 g/mol. The molecule has 0 radical (unpaired) electrons. The molecule has 0 saturated heterocycles. The number of carbonyl (C=O) groups is 1. The number of halogens is 1. The van der Waals surface area contributed by atoms with E-state index < -0.39 is 5.91 Å². The van der Waals surface area contributed by atoms with Crippen LogP contribution in [0.25, 0.3) is 0 Å². The number of methoxy groups -OCH3 is 1. The molecule has 0 aliphatic heterocycles. The Morgan fingerprint density at radius 2 is 2.00 bits per heavy atom. The molecular formula is C15H14ClNO3. The Morgan fingerprint density at radius 3 is 2.65 bits per heavy atom. The van der Waals surface area contributed by atoms with Crippen molar-refractivity contribution in [3.8, 4) is 11.5 Å². The van der Waals surface area contributed by atoms with Crippen molar-refractivity contribution < 1.29 is 14.3 Å². The van der Waals surface area contributed by atoms with Crippen LogP contribution in [0.5, 0.6) is 11.5 Å². The molecule has 0 unspecified atom stereocenters. The third-order valence-electron chi connectivity index (χ3n) is 2.80. The van der Waals surface area contributed by atoms with Crippen molar-refractivity contribution in [2.75, 3.05) is 7.11 Å². The van der Waals surface area contributed by atoms with Crippen LogP contribution in [0.4, 0.5) is 0 Å². The Labute approximate surface area is 122 Å². The summed E-state index contributed by atoms with van der Waals surface area (Å²) in [6.07, 6.45) is 0. The monoisotopic (exact) mass is 291 g/mol. The van der Waals surface area contributed by atoms with E-state index in [4.69, 9.17) is 26.8 Å². The maximum Gasteiger partial charge on any atom is 0.252 e. The lowest BCUT2D eigenvalue weighted by Crippen LogP contribution is -2.13. The molecule has 0 aliphatic carbocycles. The minimum atomic E-state index is -0.554. The van der Waals surface area contributed by atoms with Crippen LogP contribution in [-0.4, -0.2) is 13.0 Å². The highest BCUT2D eigenvalue weighted by Crippen LogP contribution is 2.26. The molecule has 4 nitrogen and oxygen atoms in total. The number of hydrogen-bond donors (Lipinski definition) is 1. The van der Waals surface area contributed by atoms with Crippen LogP contribution in [0.2, 0.25) is 5.02 Å². The number of rotatable bonds is 5. The van der Waals surface area contributed by atoms with Gasteiger partial charge in [0, 0.05) is 16.7 Å². The van der Waals surface area contributed by atoms with E-state index in [1.807, 2.05) is 18.2 Å². The van der Waals surface area contributed by atoms with Gasteiger partial charge in [-0.2, -0.15) is 0 Å². The van der Waals surface area contributed by atoms with Gasteiger partial charge in [-0.25, -0.2) is 0 Å². The largest absolute Gasteiger partial charge is 0.497 e. The molecule has 2 aromatic rings. The Kier molecular flexibility index (Phi) is 4.48. The highest BCUT2D eigenvalue weighted by Gasteiger charge is 2.11. The second-order valence-corrected chi connectivity index (χ2v) is 4.51. The summed E-state index contributed by atoms with van der Waals surface area (Å²) in [5, 5.41) is 0.607. The van der Waals surface area contributed by atoms with Crippen molar-refractivity contribution in [3.63, 3.8) is 0 Å². The van der Waals surface area contributed by atoms with Crippen molar-refractivity contribution in [2.45, 2.75) is 6.61 Å². The average Bonchev–Trinajstić information content (AvgIpc) is 2.46. The lowest BCUT2D eigenvalue weighted by molar-refractivity contribution is 0.0996. The van der Waals surface area contributed by atoms with Crippen molar-refractivity contribution in [3.05, 3.63) is 58.6 Å². The van der Waals surface area contributed by atoms with Crippen molar-refractivity contribution in [1.82, 2.24) is 0 Å². The molecule has 0 spiro atoms. The molecule has 0 bridgehead atoms. The quantitative estimate of drug-likeness (QED) is 0.921. The van der Waals surface area contributed by atoms with Gasteiger partial charge in [0.1, 0.15) is 18.1 Å². The first kappa shape index (κ1) is 14.2. The predicted molar refractivity (Wildman–Crippen MR) is 77.3 cm³/mol. The molecule has 0 heterocycles. The molecule has 1 amide bonds. The zero-order valence-electron chi connectivity index (χ0n) is 10.9. The van der Waals surface area contributed by atoms with Gasteiger partial charge in [0.05, 0.1) is 12.7 Å². The number of nitrogens with two attached hydrogens (primary N) is 1. The van der Waals surface area contributed by atoms with E-state index in [2.05, 4.69) is 0 Å². The second-order valence-electron chi connectivity index (χ2n) is 4.11. The minimum absolute atomic E-state index is 0.243. The lowest BCUT2D eigenvalue weighted by atomic mass is 10.2. The third kappa shape index (κ3) is 3.22. The zero-order valence-corrected chi connectivity index (χ0v) is 11.7. The Hall–Kier alpha value is -2.20. The molecule has 0 saturated carbocycles. The molecule has 2 aromatic carbocycles. The van der Waals surface area contributed by atoms with E-state index in [0.29, 0.717) is 22.1 Å². The maximum absolute atomic E-state index is 11.4. The average molecular weight is 292 g/mol. The maximum atomic E-state index is 11.4. The minimum Gasteiger partial charge on any atom is -0.497 e. The van der Waals surface area contributed by atoms with Crippen LogP contribution in [0.3, 0.4) is 0 Å². The normalized spacial score (nSPS) is 10.1. The van der Waals surface area contributed by atoms with E-state index in [9.17, 15) is 4.79 Å². The summed E-state index contributed by atoms with van der Waals surface area (Å²) >= 11 is 6.06. The van der Waals surface area contributed by atoms with Crippen LogP contribution in [0.1, 0.15) is 15.9 Å². The summed E-state index contributed by atoms with van der Waals surface area (Å²) in [6.45, 7) is 0.243. The van der Waals surface area contributed by atoms with Gasteiger partial charge in [-0.05, 0) is 18.2 Å². The molecule has 20 heavy (non-hydrogen) atoms. The summed E-state index contributed by atoms with van der Waals surface area (Å²) in [6, 6.07) is 12.2. The summed E-state index contributed by atoms with van der Waals surface area (Å²) in [7, 11) is 1.54. The van der Waals surface area contributed by atoms with E-state index in [1.54, 1.807) is 24.3 Å². The van der Waals surface area contributed by atoms with Crippen LogP contribution >= 0.6 is 11.6 Å². The molecule has 0 aliphatic rings. The molecule has 2 N–H and O–H groups in total. The molecule has 0 aromatic heterocycles. The lowest BCUT2D eigenvalue weighted by Gasteiger charge is -2.12. The van der Waals surface area contributed by atoms with Gasteiger partial charge in [-0.3, -0.25) is 4.79 Å². The van der Waals surface area contributed by atoms with E-state index in [0.717, 1.165) is 5.56 Å². The summed E-state index contributed by atoms with van der Waals surface area (Å²) in [4.78, 5) is 11.4. The van der Waals surface area contributed by atoms with Crippen LogP contribution in [-0.2, 0) is 6.61 Å². The Bertz CT molecular complexity index is 628. The third-order valence-corrected chi connectivity index (χ3v) is 3.16.